The van der Waals surface area contributed by atoms with Crippen LogP contribution in [0.2, 0.25) is 0 Å². The lowest BCUT2D eigenvalue weighted by molar-refractivity contribution is 0.0955. The first-order chi connectivity index (χ1) is 14.0. The summed E-state index contributed by atoms with van der Waals surface area (Å²) in [5.41, 5.74) is 2.83. The lowest BCUT2D eigenvalue weighted by Crippen LogP contribution is -2.20. The second kappa shape index (κ2) is 7.43. The minimum atomic E-state index is -0.403. The van der Waals surface area contributed by atoms with E-state index in [0.717, 1.165) is 16.6 Å². The van der Waals surface area contributed by atoms with Gasteiger partial charge in [-0.1, -0.05) is 11.3 Å². The highest BCUT2D eigenvalue weighted by Gasteiger charge is 2.11. The molecule has 4 aromatic rings. The van der Waals surface area contributed by atoms with Gasteiger partial charge in [-0.15, -0.1) is 15.3 Å². The quantitative estimate of drug-likeness (QED) is 0.541. The van der Waals surface area contributed by atoms with Gasteiger partial charge in [-0.25, -0.2) is 0 Å². The molecule has 0 aliphatic heterocycles. The second-order valence-electron chi connectivity index (χ2n) is 6.25. The van der Waals surface area contributed by atoms with Gasteiger partial charge in [-0.05, 0) is 30.3 Å². The Morgan fingerprint density at radius 1 is 1.00 bits per heavy atom. The van der Waals surface area contributed by atoms with Gasteiger partial charge in [-0.2, -0.15) is 0 Å². The van der Waals surface area contributed by atoms with Crippen molar-refractivity contribution >= 4 is 28.5 Å². The molecule has 3 aromatic heterocycles. The number of nitrogens with one attached hydrogen (secondary N) is 2. The molecular formula is C19H16N8O2. The van der Waals surface area contributed by atoms with Crippen molar-refractivity contribution in [2.45, 2.75) is 0 Å². The van der Waals surface area contributed by atoms with Crippen molar-refractivity contribution in [3.8, 4) is 11.3 Å². The smallest absolute Gasteiger partial charge is 0.269 e. The van der Waals surface area contributed by atoms with E-state index in [-0.39, 0.29) is 11.6 Å². The zero-order chi connectivity index (χ0) is 20.4. The van der Waals surface area contributed by atoms with Crippen LogP contribution in [0.3, 0.4) is 0 Å². The Bertz CT molecular complexity index is 1220. The Balaban J connectivity index is 1.57. The van der Waals surface area contributed by atoms with Gasteiger partial charge in [0.15, 0.2) is 5.82 Å². The summed E-state index contributed by atoms with van der Waals surface area (Å²) in [5, 5.41) is 22.2. The third-order valence-corrected chi connectivity index (χ3v) is 4.21. The molecule has 10 heteroatoms. The average Bonchev–Trinajstić information content (AvgIpc) is 3.19. The lowest BCUT2D eigenvalue weighted by atomic mass is 10.1. The van der Waals surface area contributed by atoms with Gasteiger partial charge < -0.3 is 10.6 Å². The normalized spacial score (nSPS) is 10.7. The third-order valence-electron chi connectivity index (χ3n) is 4.21. The molecule has 0 spiro atoms. The largest absolute Gasteiger partial charge is 0.354 e. The van der Waals surface area contributed by atoms with Gasteiger partial charge in [0.2, 0.25) is 0 Å². The molecule has 0 saturated heterocycles. The summed E-state index contributed by atoms with van der Waals surface area (Å²) in [7, 11) is 3.31. The summed E-state index contributed by atoms with van der Waals surface area (Å²) in [5.74, 6) is -0.426. The molecule has 29 heavy (non-hydrogen) atoms. The molecule has 0 fully saturated rings. The van der Waals surface area contributed by atoms with Crippen molar-refractivity contribution in [3.05, 3.63) is 60.0 Å². The number of aryl methyl sites for hydroxylation is 1. The molecule has 0 saturated carbocycles. The van der Waals surface area contributed by atoms with Crippen molar-refractivity contribution < 1.29 is 9.59 Å². The highest BCUT2D eigenvalue weighted by Crippen LogP contribution is 2.22. The van der Waals surface area contributed by atoms with Crippen LogP contribution in [-0.4, -0.2) is 49.0 Å². The van der Waals surface area contributed by atoms with Crippen LogP contribution < -0.4 is 10.6 Å². The molecule has 3 heterocycles. The highest BCUT2D eigenvalue weighted by atomic mass is 16.2. The van der Waals surface area contributed by atoms with Crippen molar-refractivity contribution in [3.63, 3.8) is 0 Å². The number of aromatic nitrogens is 6. The highest BCUT2D eigenvalue weighted by molar-refractivity contribution is 6.04. The number of carbonyl (C=O) groups is 2. The Kier molecular flexibility index (Phi) is 4.65. The first kappa shape index (κ1) is 18.2. The minimum Gasteiger partial charge on any atom is -0.354 e. The molecule has 4 rings (SSSR count). The molecule has 0 aliphatic carbocycles. The predicted molar refractivity (Wildman–Crippen MR) is 105 cm³/mol. The summed E-state index contributed by atoms with van der Waals surface area (Å²) in [6, 6.07) is 10.4. The zero-order valence-electron chi connectivity index (χ0n) is 15.6. The van der Waals surface area contributed by atoms with E-state index in [0.29, 0.717) is 16.9 Å². The molecule has 0 radical (unpaired) electrons. The molecule has 0 unspecified atom stereocenters. The monoisotopic (exact) mass is 388 g/mol. The Labute approximate surface area is 165 Å². The first-order valence-electron chi connectivity index (χ1n) is 8.67. The average molecular weight is 388 g/mol. The van der Waals surface area contributed by atoms with Gasteiger partial charge in [0.1, 0.15) is 11.4 Å². The van der Waals surface area contributed by atoms with E-state index >= 15 is 0 Å². The van der Waals surface area contributed by atoms with Gasteiger partial charge in [0.05, 0.1) is 17.3 Å². The molecule has 0 aliphatic rings. The van der Waals surface area contributed by atoms with E-state index in [9.17, 15) is 9.59 Å². The fraction of sp³-hybridized carbons (Fsp3) is 0.105. The van der Waals surface area contributed by atoms with E-state index in [1.54, 1.807) is 17.8 Å². The van der Waals surface area contributed by atoms with Crippen LogP contribution in [0.4, 0.5) is 5.82 Å². The fourth-order valence-electron chi connectivity index (χ4n) is 2.72. The van der Waals surface area contributed by atoms with Crippen molar-refractivity contribution in [1.82, 2.24) is 35.5 Å². The third kappa shape index (κ3) is 3.76. The minimum absolute atomic E-state index is 0.228. The summed E-state index contributed by atoms with van der Waals surface area (Å²) >= 11 is 0. The van der Waals surface area contributed by atoms with Gasteiger partial charge in [0.25, 0.3) is 11.8 Å². The standard InChI is InChI=1S/C19H16N8O2/c1-20-19(29)15-6-4-12(9-21-15)18(28)22-17-8-13-7-11(3-5-14(13)23-25-17)16-10-27(2)26-24-16/h3-10H,1-2H3,(H,20,29)(H,22,25,28). The van der Waals surface area contributed by atoms with Crippen molar-refractivity contribution in [2.24, 2.45) is 7.05 Å². The Hall–Kier alpha value is -4.21. The maximum Gasteiger partial charge on any atom is 0.269 e. The maximum atomic E-state index is 12.5. The van der Waals surface area contributed by atoms with Gasteiger partial charge in [-0.3, -0.25) is 19.3 Å². The van der Waals surface area contributed by atoms with Crippen LogP contribution in [0.5, 0.6) is 0 Å². The zero-order valence-corrected chi connectivity index (χ0v) is 15.6. The van der Waals surface area contributed by atoms with E-state index in [1.807, 2.05) is 24.4 Å². The summed E-state index contributed by atoms with van der Waals surface area (Å²) in [6.45, 7) is 0. The summed E-state index contributed by atoms with van der Waals surface area (Å²) < 4.78 is 1.62. The fourth-order valence-corrected chi connectivity index (χ4v) is 2.72. The number of pyridine rings is 1. The number of hydrogen-bond donors (Lipinski definition) is 2. The second-order valence-corrected chi connectivity index (χ2v) is 6.25. The number of hydrogen-bond acceptors (Lipinski definition) is 7. The number of fused-ring (bicyclic) bond motifs is 1. The molecule has 2 amide bonds. The Morgan fingerprint density at radius 2 is 1.86 bits per heavy atom. The Morgan fingerprint density at radius 3 is 2.55 bits per heavy atom. The number of amides is 2. The predicted octanol–water partition coefficient (Wildman–Crippen LogP) is 1.43. The van der Waals surface area contributed by atoms with Gasteiger partial charge in [0, 0.05) is 31.2 Å². The molecule has 0 atom stereocenters. The molecule has 10 nitrogen and oxygen atoms in total. The summed E-state index contributed by atoms with van der Waals surface area (Å²) in [4.78, 5) is 28.0. The lowest BCUT2D eigenvalue weighted by Gasteiger charge is -2.06. The first-order valence-corrected chi connectivity index (χ1v) is 8.67. The van der Waals surface area contributed by atoms with Crippen LogP contribution in [0.25, 0.3) is 22.2 Å². The van der Waals surface area contributed by atoms with Crippen LogP contribution in [0, 0.1) is 0 Å². The van der Waals surface area contributed by atoms with Crippen molar-refractivity contribution in [1.29, 1.82) is 0 Å². The van der Waals surface area contributed by atoms with Crippen LogP contribution in [0.1, 0.15) is 20.8 Å². The molecule has 1 aromatic carbocycles. The molecule has 2 N–H and O–H groups in total. The number of anilines is 1. The van der Waals surface area contributed by atoms with Gasteiger partial charge >= 0.3 is 0 Å². The molecule has 0 bridgehead atoms. The molecule has 144 valence electrons. The van der Waals surface area contributed by atoms with E-state index in [1.165, 1.54) is 25.4 Å². The van der Waals surface area contributed by atoms with E-state index < -0.39 is 5.91 Å². The number of carbonyl (C=O) groups excluding carboxylic acids is 2. The van der Waals surface area contributed by atoms with Crippen molar-refractivity contribution in [2.75, 3.05) is 12.4 Å². The number of rotatable bonds is 4. The van der Waals surface area contributed by atoms with Crippen LogP contribution in [0.15, 0.2) is 48.8 Å². The van der Waals surface area contributed by atoms with E-state index in [2.05, 4.69) is 36.1 Å². The SMILES string of the molecule is CNC(=O)c1ccc(C(=O)Nc2cc3cc(-c4cn(C)nn4)ccc3nn2)cn1. The van der Waals surface area contributed by atoms with Crippen LogP contribution >= 0.6 is 0 Å². The van der Waals surface area contributed by atoms with Crippen LogP contribution in [-0.2, 0) is 7.05 Å². The summed E-state index contributed by atoms with van der Waals surface area (Å²) in [6.07, 6.45) is 3.15. The number of benzene rings is 1. The maximum absolute atomic E-state index is 12.5. The van der Waals surface area contributed by atoms with E-state index in [4.69, 9.17) is 0 Å². The molecular weight excluding hydrogens is 372 g/mol. The topological polar surface area (TPSA) is 128 Å². The number of nitrogens with zero attached hydrogens (tertiary/aromatic N) is 6.